The standard InChI is InChI=1S/C13H16ClNO4/c1-5-18-12(16)10-8(3)11(15-9(10)4)13(17)19-6-7(2)14/h15H,2,5-6H2,1,3-4H3. The summed E-state index contributed by atoms with van der Waals surface area (Å²) in [6.45, 7) is 8.68. The van der Waals surface area contributed by atoms with Crippen molar-refractivity contribution in [1.29, 1.82) is 0 Å². The minimum Gasteiger partial charge on any atom is -0.462 e. The number of nitrogens with one attached hydrogen (secondary N) is 1. The van der Waals surface area contributed by atoms with E-state index in [0.717, 1.165) is 0 Å². The van der Waals surface area contributed by atoms with Crippen molar-refractivity contribution in [3.8, 4) is 0 Å². The number of aromatic amines is 1. The fraction of sp³-hybridized carbons (Fsp3) is 0.385. The average molecular weight is 286 g/mol. The molecule has 0 amide bonds. The van der Waals surface area contributed by atoms with Gasteiger partial charge in [0.1, 0.15) is 12.3 Å². The number of aryl methyl sites for hydroxylation is 1. The van der Waals surface area contributed by atoms with Gasteiger partial charge in [0.05, 0.1) is 12.2 Å². The Hall–Kier alpha value is -1.75. The third-order valence-electron chi connectivity index (χ3n) is 2.48. The van der Waals surface area contributed by atoms with E-state index < -0.39 is 11.9 Å². The summed E-state index contributed by atoms with van der Waals surface area (Å²) in [6, 6.07) is 0. The summed E-state index contributed by atoms with van der Waals surface area (Å²) in [5.74, 6) is -1.05. The number of halogens is 1. The molecule has 0 saturated carbocycles. The van der Waals surface area contributed by atoms with E-state index in [1.807, 2.05) is 0 Å². The smallest absolute Gasteiger partial charge is 0.355 e. The van der Waals surface area contributed by atoms with Crippen LogP contribution in [0.5, 0.6) is 0 Å². The highest BCUT2D eigenvalue weighted by molar-refractivity contribution is 6.29. The van der Waals surface area contributed by atoms with Crippen molar-refractivity contribution >= 4 is 23.5 Å². The van der Waals surface area contributed by atoms with Gasteiger partial charge in [0.2, 0.25) is 0 Å². The molecule has 1 heterocycles. The van der Waals surface area contributed by atoms with Gasteiger partial charge in [-0.15, -0.1) is 0 Å². The zero-order valence-corrected chi connectivity index (χ0v) is 11.9. The Balaban J connectivity index is 2.99. The summed E-state index contributed by atoms with van der Waals surface area (Å²) in [5.41, 5.74) is 1.64. The monoisotopic (exact) mass is 285 g/mol. The molecule has 0 aliphatic carbocycles. The van der Waals surface area contributed by atoms with Crippen molar-refractivity contribution in [2.45, 2.75) is 20.8 Å². The fourth-order valence-corrected chi connectivity index (χ4v) is 1.73. The molecule has 1 rings (SSSR count). The van der Waals surface area contributed by atoms with Crippen LogP contribution in [-0.4, -0.2) is 30.1 Å². The maximum atomic E-state index is 11.8. The highest BCUT2D eigenvalue weighted by atomic mass is 35.5. The molecule has 0 unspecified atom stereocenters. The second-order valence-corrected chi connectivity index (χ2v) is 4.47. The number of ether oxygens (including phenoxy) is 2. The molecule has 0 atom stereocenters. The number of rotatable bonds is 5. The zero-order chi connectivity index (χ0) is 14.6. The summed E-state index contributed by atoms with van der Waals surface area (Å²) in [6.07, 6.45) is 0. The largest absolute Gasteiger partial charge is 0.462 e. The topological polar surface area (TPSA) is 68.4 Å². The maximum absolute atomic E-state index is 11.8. The Labute approximate surface area is 116 Å². The zero-order valence-electron chi connectivity index (χ0n) is 11.1. The van der Waals surface area contributed by atoms with E-state index in [-0.39, 0.29) is 23.9 Å². The second kappa shape index (κ2) is 6.43. The highest BCUT2D eigenvalue weighted by Gasteiger charge is 2.23. The van der Waals surface area contributed by atoms with E-state index in [1.54, 1.807) is 20.8 Å². The molecule has 1 aromatic rings. The van der Waals surface area contributed by atoms with Crippen LogP contribution in [0, 0.1) is 13.8 Å². The molecule has 0 fully saturated rings. The predicted molar refractivity (Wildman–Crippen MR) is 71.5 cm³/mol. The van der Waals surface area contributed by atoms with Crippen LogP contribution in [0.1, 0.15) is 39.0 Å². The van der Waals surface area contributed by atoms with Gasteiger partial charge < -0.3 is 14.5 Å². The van der Waals surface area contributed by atoms with Crippen LogP contribution in [-0.2, 0) is 9.47 Å². The minimum atomic E-state index is -0.585. The SMILES string of the molecule is C=C(Cl)COC(=O)c1[nH]c(C)c(C(=O)OCC)c1C. The van der Waals surface area contributed by atoms with Crippen LogP contribution >= 0.6 is 11.6 Å². The van der Waals surface area contributed by atoms with E-state index in [2.05, 4.69) is 11.6 Å². The lowest BCUT2D eigenvalue weighted by Gasteiger charge is -2.03. The number of carbonyl (C=O) groups excluding carboxylic acids is 2. The molecule has 104 valence electrons. The molecule has 0 spiro atoms. The molecule has 6 heteroatoms. The van der Waals surface area contributed by atoms with Gasteiger partial charge in [0, 0.05) is 10.7 Å². The lowest BCUT2D eigenvalue weighted by Crippen LogP contribution is -2.10. The number of carbonyl (C=O) groups is 2. The fourth-order valence-electron chi connectivity index (χ4n) is 1.68. The predicted octanol–water partition coefficient (Wildman–Crippen LogP) is 2.72. The van der Waals surface area contributed by atoms with Crippen molar-refractivity contribution in [1.82, 2.24) is 4.98 Å². The van der Waals surface area contributed by atoms with Crippen molar-refractivity contribution in [3.63, 3.8) is 0 Å². The normalized spacial score (nSPS) is 10.1. The number of hydrogen-bond acceptors (Lipinski definition) is 4. The number of aromatic nitrogens is 1. The van der Waals surface area contributed by atoms with Crippen molar-refractivity contribution < 1.29 is 19.1 Å². The van der Waals surface area contributed by atoms with Crippen LogP contribution in [0.2, 0.25) is 0 Å². The first kappa shape index (κ1) is 15.3. The molecule has 0 aromatic carbocycles. The van der Waals surface area contributed by atoms with Crippen LogP contribution in [0.15, 0.2) is 11.6 Å². The van der Waals surface area contributed by atoms with E-state index in [1.165, 1.54) is 0 Å². The summed E-state index contributed by atoms with van der Waals surface area (Å²) >= 11 is 5.52. The third kappa shape index (κ3) is 3.61. The molecule has 0 saturated heterocycles. The summed E-state index contributed by atoms with van der Waals surface area (Å²) in [7, 11) is 0. The Morgan fingerprint density at radius 2 is 1.89 bits per heavy atom. The Bertz CT molecular complexity index is 519. The summed E-state index contributed by atoms with van der Waals surface area (Å²) in [5, 5.41) is 0.222. The molecule has 1 N–H and O–H groups in total. The van der Waals surface area contributed by atoms with Crippen LogP contribution in [0.4, 0.5) is 0 Å². The van der Waals surface area contributed by atoms with Crippen LogP contribution in [0.3, 0.4) is 0 Å². The van der Waals surface area contributed by atoms with Crippen molar-refractivity contribution in [2.75, 3.05) is 13.2 Å². The maximum Gasteiger partial charge on any atom is 0.355 e. The molecule has 5 nitrogen and oxygen atoms in total. The molecule has 19 heavy (non-hydrogen) atoms. The molecule has 0 aliphatic heterocycles. The van der Waals surface area contributed by atoms with Gasteiger partial charge in [-0.05, 0) is 26.3 Å². The van der Waals surface area contributed by atoms with Gasteiger partial charge in [-0.2, -0.15) is 0 Å². The second-order valence-electron chi connectivity index (χ2n) is 3.94. The molecule has 0 bridgehead atoms. The first-order chi connectivity index (χ1) is 8.88. The quantitative estimate of drug-likeness (QED) is 0.845. The lowest BCUT2D eigenvalue weighted by atomic mass is 10.1. The first-order valence-electron chi connectivity index (χ1n) is 5.75. The van der Waals surface area contributed by atoms with E-state index >= 15 is 0 Å². The van der Waals surface area contributed by atoms with E-state index in [9.17, 15) is 9.59 Å². The van der Waals surface area contributed by atoms with Gasteiger partial charge >= 0.3 is 11.9 Å². The molecule has 1 aromatic heterocycles. The van der Waals surface area contributed by atoms with Crippen LogP contribution in [0.25, 0.3) is 0 Å². The molecule has 0 aliphatic rings. The van der Waals surface area contributed by atoms with Gasteiger partial charge in [-0.1, -0.05) is 18.2 Å². The minimum absolute atomic E-state index is 0.0767. The van der Waals surface area contributed by atoms with Gasteiger partial charge in [-0.25, -0.2) is 9.59 Å². The van der Waals surface area contributed by atoms with Gasteiger partial charge in [0.15, 0.2) is 0 Å². The van der Waals surface area contributed by atoms with E-state index in [4.69, 9.17) is 21.1 Å². The van der Waals surface area contributed by atoms with E-state index in [0.29, 0.717) is 16.8 Å². The van der Waals surface area contributed by atoms with Crippen molar-refractivity contribution in [2.24, 2.45) is 0 Å². The Morgan fingerprint density at radius 1 is 1.26 bits per heavy atom. The number of hydrogen-bond donors (Lipinski definition) is 1. The molecule has 0 radical (unpaired) electrons. The Kier molecular flexibility index (Phi) is 5.18. The van der Waals surface area contributed by atoms with Gasteiger partial charge in [-0.3, -0.25) is 0 Å². The number of esters is 2. The molecular weight excluding hydrogens is 270 g/mol. The Morgan fingerprint density at radius 3 is 2.42 bits per heavy atom. The van der Waals surface area contributed by atoms with Gasteiger partial charge in [0.25, 0.3) is 0 Å². The third-order valence-corrected chi connectivity index (χ3v) is 2.59. The summed E-state index contributed by atoms with van der Waals surface area (Å²) in [4.78, 5) is 26.4. The van der Waals surface area contributed by atoms with Crippen molar-refractivity contribution in [3.05, 3.63) is 34.1 Å². The highest BCUT2D eigenvalue weighted by Crippen LogP contribution is 2.20. The first-order valence-corrected chi connectivity index (χ1v) is 6.13. The average Bonchev–Trinajstić information content (AvgIpc) is 2.62. The lowest BCUT2D eigenvalue weighted by molar-refractivity contribution is 0.0524. The molecular formula is C13H16ClNO4. The van der Waals surface area contributed by atoms with Crippen LogP contribution < -0.4 is 0 Å². The number of H-pyrrole nitrogens is 1. The summed E-state index contributed by atoms with van der Waals surface area (Å²) < 4.78 is 9.86.